The van der Waals surface area contributed by atoms with Gasteiger partial charge < -0.3 is 9.72 Å². The van der Waals surface area contributed by atoms with Gasteiger partial charge in [0, 0.05) is 28.4 Å². The van der Waals surface area contributed by atoms with Gasteiger partial charge in [0.25, 0.3) is 0 Å². The minimum atomic E-state index is -3.39. The standard InChI is InChI=1S/C20H20N2O5S/c1-13(20(24)14-7-9-16(10-8-14)22-28(2,25)26)27-19(23)11-15-12-21-18-6-4-3-5-17(15)18/h3-10,12-13,21-22H,11H2,1-2H3/t13-/m0/s1. The Morgan fingerprint density at radius 3 is 2.46 bits per heavy atom. The Labute approximate surface area is 162 Å². The monoisotopic (exact) mass is 400 g/mol. The van der Waals surface area contributed by atoms with Crippen LogP contribution in [0.4, 0.5) is 5.69 Å². The van der Waals surface area contributed by atoms with Gasteiger partial charge >= 0.3 is 5.97 Å². The molecule has 146 valence electrons. The van der Waals surface area contributed by atoms with Gasteiger partial charge in [0.2, 0.25) is 15.8 Å². The van der Waals surface area contributed by atoms with Crippen molar-refractivity contribution in [1.82, 2.24) is 4.98 Å². The third-order valence-electron chi connectivity index (χ3n) is 4.16. The maximum absolute atomic E-state index is 12.5. The summed E-state index contributed by atoms with van der Waals surface area (Å²) in [6, 6.07) is 13.6. The number of fused-ring (bicyclic) bond motifs is 1. The van der Waals surface area contributed by atoms with E-state index in [1.807, 2.05) is 24.3 Å². The molecule has 2 N–H and O–H groups in total. The number of ether oxygens (including phenoxy) is 1. The van der Waals surface area contributed by atoms with Gasteiger partial charge in [0.05, 0.1) is 12.7 Å². The first-order valence-corrected chi connectivity index (χ1v) is 10.5. The summed E-state index contributed by atoms with van der Waals surface area (Å²) in [6.07, 6.45) is 1.90. The van der Waals surface area contributed by atoms with Crippen molar-refractivity contribution in [1.29, 1.82) is 0 Å². The average molecular weight is 400 g/mol. The number of para-hydroxylation sites is 1. The van der Waals surface area contributed by atoms with Crippen LogP contribution in [0.25, 0.3) is 10.9 Å². The minimum Gasteiger partial charge on any atom is -0.454 e. The summed E-state index contributed by atoms with van der Waals surface area (Å²) < 4.78 is 30.1. The highest BCUT2D eigenvalue weighted by atomic mass is 32.2. The van der Waals surface area contributed by atoms with E-state index in [0.29, 0.717) is 11.3 Å². The van der Waals surface area contributed by atoms with Crippen molar-refractivity contribution in [2.24, 2.45) is 0 Å². The number of rotatable bonds is 7. The molecule has 0 bridgehead atoms. The summed E-state index contributed by atoms with van der Waals surface area (Å²) in [5, 5.41) is 0.937. The number of hydrogen-bond acceptors (Lipinski definition) is 5. The van der Waals surface area contributed by atoms with E-state index >= 15 is 0 Å². The maximum atomic E-state index is 12.5. The normalized spacial score (nSPS) is 12.5. The quantitative estimate of drug-likeness (QED) is 0.469. The van der Waals surface area contributed by atoms with Crippen molar-refractivity contribution in [2.45, 2.75) is 19.4 Å². The molecule has 0 radical (unpaired) electrons. The lowest BCUT2D eigenvalue weighted by Crippen LogP contribution is -2.25. The molecule has 0 saturated heterocycles. The first-order valence-electron chi connectivity index (χ1n) is 8.59. The predicted molar refractivity (Wildman–Crippen MR) is 107 cm³/mol. The zero-order valence-electron chi connectivity index (χ0n) is 15.4. The molecule has 0 unspecified atom stereocenters. The van der Waals surface area contributed by atoms with Crippen molar-refractivity contribution >= 4 is 38.4 Å². The predicted octanol–water partition coefficient (Wildman–Crippen LogP) is 2.90. The molecule has 0 spiro atoms. The number of aromatic nitrogens is 1. The number of Topliss-reactive ketones (excluding diaryl/α,β-unsaturated/α-hetero) is 1. The van der Waals surface area contributed by atoms with Gasteiger partial charge in [-0.05, 0) is 42.8 Å². The van der Waals surface area contributed by atoms with E-state index in [1.54, 1.807) is 6.20 Å². The van der Waals surface area contributed by atoms with Crippen LogP contribution in [0.5, 0.6) is 0 Å². The highest BCUT2D eigenvalue weighted by Crippen LogP contribution is 2.19. The van der Waals surface area contributed by atoms with Crippen molar-refractivity contribution in [2.75, 3.05) is 11.0 Å². The third kappa shape index (κ3) is 4.77. The fourth-order valence-electron chi connectivity index (χ4n) is 2.88. The lowest BCUT2D eigenvalue weighted by Gasteiger charge is -2.13. The van der Waals surface area contributed by atoms with Crippen molar-refractivity contribution in [3.63, 3.8) is 0 Å². The van der Waals surface area contributed by atoms with Crippen LogP contribution in [-0.4, -0.2) is 37.5 Å². The SMILES string of the molecule is C[C@H](OC(=O)Cc1c[nH]c2ccccc12)C(=O)c1ccc(NS(C)(=O)=O)cc1. The first-order chi connectivity index (χ1) is 13.2. The number of carbonyl (C=O) groups excluding carboxylic acids is 2. The highest BCUT2D eigenvalue weighted by Gasteiger charge is 2.20. The molecule has 7 nitrogen and oxygen atoms in total. The molecule has 0 aliphatic carbocycles. The molecule has 1 heterocycles. The number of H-pyrrole nitrogens is 1. The van der Waals surface area contributed by atoms with Gasteiger partial charge in [-0.1, -0.05) is 18.2 Å². The topological polar surface area (TPSA) is 105 Å². The van der Waals surface area contributed by atoms with Crippen LogP contribution in [0.2, 0.25) is 0 Å². The number of ketones is 1. The highest BCUT2D eigenvalue weighted by molar-refractivity contribution is 7.92. The second kappa shape index (κ2) is 7.85. The molecule has 0 saturated carbocycles. The van der Waals surface area contributed by atoms with Crippen molar-refractivity contribution < 1.29 is 22.7 Å². The smallest absolute Gasteiger partial charge is 0.311 e. The number of hydrogen-bond donors (Lipinski definition) is 2. The number of anilines is 1. The van der Waals surface area contributed by atoms with E-state index in [2.05, 4.69) is 9.71 Å². The summed E-state index contributed by atoms with van der Waals surface area (Å²) in [6.45, 7) is 1.51. The van der Waals surface area contributed by atoms with Crippen LogP contribution in [0.1, 0.15) is 22.8 Å². The van der Waals surface area contributed by atoms with Crippen LogP contribution >= 0.6 is 0 Å². The molecule has 3 rings (SSSR count). The molecule has 0 amide bonds. The Morgan fingerprint density at radius 2 is 1.79 bits per heavy atom. The summed E-state index contributed by atoms with van der Waals surface area (Å²) in [5.41, 5.74) is 2.41. The Bertz CT molecular complexity index is 1120. The Kier molecular flexibility index (Phi) is 5.51. The molecule has 8 heteroatoms. The van der Waals surface area contributed by atoms with E-state index in [4.69, 9.17) is 4.74 Å². The molecule has 28 heavy (non-hydrogen) atoms. The van der Waals surface area contributed by atoms with Gasteiger partial charge in [-0.2, -0.15) is 0 Å². The lowest BCUT2D eigenvalue weighted by atomic mass is 10.1. The van der Waals surface area contributed by atoms with Crippen LogP contribution in [0.15, 0.2) is 54.7 Å². The summed E-state index contributed by atoms with van der Waals surface area (Å²) >= 11 is 0. The van der Waals surface area contributed by atoms with Gasteiger partial charge in [-0.15, -0.1) is 0 Å². The fraction of sp³-hybridized carbons (Fsp3) is 0.200. The Morgan fingerprint density at radius 1 is 1.11 bits per heavy atom. The van der Waals surface area contributed by atoms with Gasteiger partial charge in [0.1, 0.15) is 0 Å². The second-order valence-corrected chi connectivity index (χ2v) is 8.23. The Hall–Kier alpha value is -3.13. The van der Waals surface area contributed by atoms with Crippen molar-refractivity contribution in [3.05, 3.63) is 65.9 Å². The van der Waals surface area contributed by atoms with Crippen LogP contribution in [0, 0.1) is 0 Å². The number of nitrogens with one attached hydrogen (secondary N) is 2. The summed E-state index contributed by atoms with van der Waals surface area (Å²) in [4.78, 5) is 27.8. The third-order valence-corrected chi connectivity index (χ3v) is 4.77. The molecular weight excluding hydrogens is 380 g/mol. The number of esters is 1. The zero-order chi connectivity index (χ0) is 20.3. The molecule has 3 aromatic rings. The van der Waals surface area contributed by atoms with E-state index in [9.17, 15) is 18.0 Å². The number of aromatic amines is 1. The summed E-state index contributed by atoms with van der Waals surface area (Å²) in [7, 11) is -3.39. The molecule has 0 fully saturated rings. The van der Waals surface area contributed by atoms with E-state index < -0.39 is 22.1 Å². The molecule has 0 aliphatic rings. The largest absolute Gasteiger partial charge is 0.454 e. The molecule has 2 aromatic carbocycles. The van der Waals surface area contributed by atoms with Crippen molar-refractivity contribution in [3.8, 4) is 0 Å². The lowest BCUT2D eigenvalue weighted by molar-refractivity contribution is -0.145. The first kappa shape index (κ1) is 19.6. The van der Waals surface area contributed by atoms with Gasteiger partial charge in [-0.25, -0.2) is 8.42 Å². The van der Waals surface area contributed by atoms with Crippen LogP contribution in [-0.2, 0) is 26.0 Å². The minimum absolute atomic E-state index is 0.0544. The van der Waals surface area contributed by atoms with Crippen LogP contribution < -0.4 is 4.72 Å². The second-order valence-electron chi connectivity index (χ2n) is 6.48. The number of sulfonamides is 1. The number of carbonyl (C=O) groups is 2. The molecule has 1 atom stereocenters. The van der Waals surface area contributed by atoms with Gasteiger partial charge in [0.15, 0.2) is 6.10 Å². The van der Waals surface area contributed by atoms with E-state index in [0.717, 1.165) is 22.7 Å². The van der Waals surface area contributed by atoms with Gasteiger partial charge in [-0.3, -0.25) is 14.3 Å². The fourth-order valence-corrected chi connectivity index (χ4v) is 3.44. The van der Waals surface area contributed by atoms with E-state index in [-0.39, 0.29) is 12.2 Å². The molecule has 0 aliphatic heterocycles. The Balaban J connectivity index is 1.62. The van der Waals surface area contributed by atoms with E-state index in [1.165, 1.54) is 31.2 Å². The maximum Gasteiger partial charge on any atom is 0.311 e. The zero-order valence-corrected chi connectivity index (χ0v) is 16.2. The number of benzene rings is 2. The van der Waals surface area contributed by atoms with Crippen LogP contribution in [0.3, 0.4) is 0 Å². The molecular formula is C20H20N2O5S. The average Bonchev–Trinajstić information content (AvgIpc) is 3.03. The molecule has 1 aromatic heterocycles. The summed E-state index contributed by atoms with van der Waals surface area (Å²) in [5.74, 6) is -0.862.